The van der Waals surface area contributed by atoms with E-state index in [-0.39, 0.29) is 36.3 Å². The molecule has 0 aliphatic carbocycles. The molecule has 0 saturated carbocycles. The van der Waals surface area contributed by atoms with Crippen LogP contribution < -0.4 is 0 Å². The molecule has 2 heterocycles. The molecule has 1 aliphatic rings. The lowest BCUT2D eigenvalue weighted by molar-refractivity contribution is -0.143. The molecule has 2 aromatic carbocycles. The van der Waals surface area contributed by atoms with E-state index in [1.807, 2.05) is 13.0 Å². The molecule has 0 unspecified atom stereocenters. The number of amides is 2. The van der Waals surface area contributed by atoms with Crippen molar-refractivity contribution >= 4 is 23.4 Å². The van der Waals surface area contributed by atoms with Crippen LogP contribution in [0.25, 0.3) is 5.69 Å². The monoisotopic (exact) mass is 490 g/mol. The van der Waals surface area contributed by atoms with Crippen LogP contribution in [0.4, 0.5) is 13.2 Å². The number of aromatic nitrogens is 2. The topological polar surface area (TPSA) is 58.4 Å². The number of aryl methyl sites for hydroxylation is 1. The molecule has 2 amide bonds. The van der Waals surface area contributed by atoms with Crippen molar-refractivity contribution in [1.29, 1.82) is 0 Å². The largest absolute Gasteiger partial charge is 0.434 e. The van der Waals surface area contributed by atoms with Gasteiger partial charge in [0.15, 0.2) is 5.69 Å². The highest BCUT2D eigenvalue weighted by molar-refractivity contribution is 6.30. The predicted octanol–water partition coefficient (Wildman–Crippen LogP) is 4.84. The molecule has 4 rings (SSSR count). The van der Waals surface area contributed by atoms with E-state index in [9.17, 15) is 22.8 Å². The first-order valence-electron chi connectivity index (χ1n) is 10.7. The van der Waals surface area contributed by atoms with Crippen LogP contribution in [0.15, 0.2) is 54.7 Å². The molecule has 0 atom stereocenters. The average Bonchev–Trinajstić information content (AvgIpc) is 3.11. The first-order valence-corrected chi connectivity index (χ1v) is 11.1. The van der Waals surface area contributed by atoms with Crippen molar-refractivity contribution in [2.75, 3.05) is 26.2 Å². The lowest BCUT2D eigenvalue weighted by Gasteiger charge is -2.23. The Balaban J connectivity index is 1.57. The molecule has 1 saturated heterocycles. The van der Waals surface area contributed by atoms with Crippen LogP contribution in [-0.2, 0) is 6.18 Å². The molecule has 0 bridgehead atoms. The summed E-state index contributed by atoms with van der Waals surface area (Å²) < 4.78 is 42.7. The Kier molecular flexibility index (Phi) is 6.65. The van der Waals surface area contributed by atoms with E-state index < -0.39 is 23.3 Å². The van der Waals surface area contributed by atoms with Crippen LogP contribution in [-0.4, -0.2) is 57.6 Å². The molecule has 1 fully saturated rings. The van der Waals surface area contributed by atoms with Gasteiger partial charge in [0.25, 0.3) is 11.8 Å². The number of benzene rings is 2. The molecule has 0 N–H and O–H groups in total. The summed E-state index contributed by atoms with van der Waals surface area (Å²) in [5, 5.41) is 4.10. The molecule has 0 spiro atoms. The molecule has 3 aromatic rings. The van der Waals surface area contributed by atoms with Gasteiger partial charge in [0.05, 0.1) is 17.4 Å². The predicted molar refractivity (Wildman–Crippen MR) is 121 cm³/mol. The third-order valence-corrected chi connectivity index (χ3v) is 5.89. The van der Waals surface area contributed by atoms with Gasteiger partial charge in [-0.2, -0.15) is 18.3 Å². The molecule has 34 heavy (non-hydrogen) atoms. The Morgan fingerprint density at radius 2 is 1.62 bits per heavy atom. The van der Waals surface area contributed by atoms with Gasteiger partial charge >= 0.3 is 6.18 Å². The van der Waals surface area contributed by atoms with Gasteiger partial charge in [0.2, 0.25) is 0 Å². The van der Waals surface area contributed by atoms with Gasteiger partial charge in [0.1, 0.15) is 0 Å². The van der Waals surface area contributed by atoms with E-state index >= 15 is 0 Å². The number of carbonyl (C=O) groups is 2. The fourth-order valence-electron chi connectivity index (χ4n) is 4.04. The van der Waals surface area contributed by atoms with Gasteiger partial charge in [-0.25, -0.2) is 4.68 Å². The number of hydrogen-bond donors (Lipinski definition) is 0. The highest BCUT2D eigenvalue weighted by Crippen LogP contribution is 2.34. The summed E-state index contributed by atoms with van der Waals surface area (Å²) in [6, 6.07) is 13.0. The molecule has 6 nitrogen and oxygen atoms in total. The van der Waals surface area contributed by atoms with Crippen molar-refractivity contribution < 1.29 is 22.8 Å². The van der Waals surface area contributed by atoms with Crippen molar-refractivity contribution in [3.8, 4) is 5.69 Å². The van der Waals surface area contributed by atoms with E-state index in [0.717, 1.165) is 11.8 Å². The van der Waals surface area contributed by atoms with Crippen molar-refractivity contribution in [1.82, 2.24) is 19.6 Å². The summed E-state index contributed by atoms with van der Waals surface area (Å²) in [6.07, 6.45) is -3.43. The van der Waals surface area contributed by atoms with E-state index in [0.29, 0.717) is 23.2 Å². The molecule has 178 valence electrons. The van der Waals surface area contributed by atoms with E-state index in [4.69, 9.17) is 11.6 Å². The summed E-state index contributed by atoms with van der Waals surface area (Å²) in [5.74, 6) is -0.937. The van der Waals surface area contributed by atoms with Gasteiger partial charge in [0, 0.05) is 36.8 Å². The highest BCUT2D eigenvalue weighted by Gasteiger charge is 2.41. The maximum atomic E-state index is 14.0. The average molecular weight is 491 g/mol. The van der Waals surface area contributed by atoms with Gasteiger partial charge in [-0.1, -0.05) is 35.4 Å². The zero-order valence-electron chi connectivity index (χ0n) is 18.3. The minimum absolute atomic E-state index is 0.102. The van der Waals surface area contributed by atoms with E-state index in [1.165, 1.54) is 29.2 Å². The quantitative estimate of drug-likeness (QED) is 0.528. The van der Waals surface area contributed by atoms with Crippen LogP contribution in [0.3, 0.4) is 0 Å². The fraction of sp³-hybridized carbons (Fsp3) is 0.292. The Hall–Kier alpha value is -3.33. The standard InChI is InChI=1S/C24H22ClF3N4O2/c1-16-5-2-6-17(13-16)22(33)30-9-4-10-31(12-11-30)23(34)20-15-29-32(21(20)24(26,27)28)19-8-3-7-18(25)14-19/h2-3,5-8,13-15H,4,9-12H2,1H3. The second-order valence-corrected chi connectivity index (χ2v) is 8.54. The number of halogens is 4. The second kappa shape index (κ2) is 9.50. The second-order valence-electron chi connectivity index (χ2n) is 8.10. The lowest BCUT2D eigenvalue weighted by atomic mass is 10.1. The van der Waals surface area contributed by atoms with Crippen LogP contribution >= 0.6 is 11.6 Å². The summed E-state index contributed by atoms with van der Waals surface area (Å²) in [7, 11) is 0. The summed E-state index contributed by atoms with van der Waals surface area (Å²) in [4.78, 5) is 29.0. The Morgan fingerprint density at radius 1 is 0.941 bits per heavy atom. The summed E-state index contributed by atoms with van der Waals surface area (Å²) in [6.45, 7) is 2.88. The highest BCUT2D eigenvalue weighted by atomic mass is 35.5. The Bertz CT molecular complexity index is 1220. The molecular weight excluding hydrogens is 469 g/mol. The number of hydrogen-bond acceptors (Lipinski definition) is 3. The SMILES string of the molecule is Cc1cccc(C(=O)N2CCCN(C(=O)c3cnn(-c4cccc(Cl)c4)c3C(F)(F)F)CC2)c1. The van der Waals surface area contributed by atoms with Crippen LogP contribution in [0.1, 0.15) is 38.4 Å². The van der Waals surface area contributed by atoms with Crippen LogP contribution in [0, 0.1) is 6.92 Å². The van der Waals surface area contributed by atoms with Gasteiger partial charge in [-0.15, -0.1) is 0 Å². The van der Waals surface area contributed by atoms with Crippen molar-refractivity contribution in [3.05, 3.63) is 82.1 Å². The summed E-state index contributed by atoms with van der Waals surface area (Å²) in [5.41, 5.74) is -0.0943. The molecule has 1 aromatic heterocycles. The van der Waals surface area contributed by atoms with Gasteiger partial charge < -0.3 is 9.80 Å². The molecule has 10 heteroatoms. The summed E-state index contributed by atoms with van der Waals surface area (Å²) >= 11 is 5.93. The van der Waals surface area contributed by atoms with Crippen LogP contribution in [0.5, 0.6) is 0 Å². The Morgan fingerprint density at radius 3 is 2.26 bits per heavy atom. The number of carbonyl (C=O) groups excluding carboxylic acids is 2. The minimum Gasteiger partial charge on any atom is -0.337 e. The molecule has 0 radical (unpaired) electrons. The Labute approximate surface area is 199 Å². The first kappa shape index (κ1) is 23.8. The zero-order valence-corrected chi connectivity index (χ0v) is 19.1. The maximum Gasteiger partial charge on any atom is 0.434 e. The smallest absolute Gasteiger partial charge is 0.337 e. The third kappa shape index (κ3) is 4.94. The normalized spacial score (nSPS) is 14.7. The molecular formula is C24H22ClF3N4O2. The number of alkyl halides is 3. The van der Waals surface area contributed by atoms with Gasteiger partial charge in [-0.05, 0) is 43.7 Å². The number of nitrogens with zero attached hydrogens (tertiary/aromatic N) is 4. The minimum atomic E-state index is -4.82. The van der Waals surface area contributed by atoms with Crippen LogP contribution in [0.2, 0.25) is 5.02 Å². The first-order chi connectivity index (χ1) is 16.1. The molecule has 1 aliphatic heterocycles. The third-order valence-electron chi connectivity index (χ3n) is 5.66. The fourth-order valence-corrected chi connectivity index (χ4v) is 4.22. The van der Waals surface area contributed by atoms with Crippen molar-refractivity contribution in [2.24, 2.45) is 0 Å². The maximum absolute atomic E-state index is 14.0. The van der Waals surface area contributed by atoms with E-state index in [2.05, 4.69) is 5.10 Å². The number of rotatable bonds is 3. The van der Waals surface area contributed by atoms with Gasteiger partial charge in [-0.3, -0.25) is 9.59 Å². The van der Waals surface area contributed by atoms with Crippen molar-refractivity contribution in [2.45, 2.75) is 19.5 Å². The zero-order chi connectivity index (χ0) is 24.5. The van der Waals surface area contributed by atoms with Crippen molar-refractivity contribution in [3.63, 3.8) is 0 Å². The van der Waals surface area contributed by atoms with E-state index in [1.54, 1.807) is 23.1 Å². The lowest BCUT2D eigenvalue weighted by Crippen LogP contribution is -2.38.